The van der Waals surface area contributed by atoms with Gasteiger partial charge in [-0.25, -0.2) is 13.4 Å². The summed E-state index contributed by atoms with van der Waals surface area (Å²) in [6.07, 6.45) is -2.89. The largest absolute Gasteiger partial charge is 0.416 e. The Morgan fingerprint density at radius 2 is 1.91 bits per heavy atom. The van der Waals surface area contributed by atoms with Gasteiger partial charge in [0.05, 0.1) is 21.6 Å². The molecule has 33 heavy (non-hydrogen) atoms. The van der Waals surface area contributed by atoms with E-state index >= 15 is 0 Å². The molecule has 1 aromatic carbocycles. The number of thiazole rings is 1. The fraction of sp³-hybridized carbons (Fsp3) is 0.333. The number of aryl methyl sites for hydroxylation is 1. The van der Waals surface area contributed by atoms with E-state index in [-0.39, 0.29) is 23.0 Å². The first kappa shape index (κ1) is 24.3. The lowest BCUT2D eigenvalue weighted by atomic mass is 10.1. The van der Waals surface area contributed by atoms with Gasteiger partial charge in [-0.2, -0.15) is 17.5 Å². The molecule has 0 amide bonds. The molecule has 1 aliphatic heterocycles. The highest BCUT2D eigenvalue weighted by atomic mass is 35.5. The molecule has 1 aliphatic rings. The van der Waals surface area contributed by atoms with Crippen LogP contribution in [0.3, 0.4) is 0 Å². The highest BCUT2D eigenvalue weighted by Crippen LogP contribution is 2.34. The summed E-state index contributed by atoms with van der Waals surface area (Å²) in [6.45, 7) is 0.281. The van der Waals surface area contributed by atoms with Gasteiger partial charge >= 0.3 is 6.18 Å². The fourth-order valence-electron chi connectivity index (χ4n) is 3.68. The number of aromatic nitrogens is 1. The van der Waals surface area contributed by atoms with E-state index in [9.17, 15) is 26.4 Å². The van der Waals surface area contributed by atoms with Gasteiger partial charge in [-0.3, -0.25) is 4.79 Å². The van der Waals surface area contributed by atoms with E-state index in [2.05, 4.69) is 4.98 Å². The van der Waals surface area contributed by atoms with E-state index in [1.54, 1.807) is 5.38 Å². The molecule has 5 nitrogen and oxygen atoms in total. The lowest BCUT2D eigenvalue weighted by Gasteiger charge is -2.22. The number of thiophene rings is 1. The molecule has 0 N–H and O–H groups in total. The van der Waals surface area contributed by atoms with E-state index < -0.39 is 27.8 Å². The first-order chi connectivity index (χ1) is 15.6. The maximum absolute atomic E-state index is 12.9. The van der Waals surface area contributed by atoms with Crippen molar-refractivity contribution in [1.82, 2.24) is 9.29 Å². The Bertz CT molecular complexity index is 1250. The Balaban J connectivity index is 1.40. The van der Waals surface area contributed by atoms with Crippen molar-refractivity contribution < 1.29 is 26.4 Å². The van der Waals surface area contributed by atoms with Gasteiger partial charge in [-0.15, -0.1) is 22.7 Å². The van der Waals surface area contributed by atoms with Gasteiger partial charge in [0.25, 0.3) is 10.0 Å². The summed E-state index contributed by atoms with van der Waals surface area (Å²) < 4.78 is 65.8. The number of sulfonamides is 1. The zero-order valence-electron chi connectivity index (χ0n) is 17.0. The molecule has 176 valence electrons. The molecule has 0 unspecified atom stereocenters. The normalized spacial score (nSPS) is 17.5. The Labute approximate surface area is 201 Å². The predicted octanol–water partition coefficient (Wildman–Crippen LogP) is 5.90. The van der Waals surface area contributed by atoms with Crippen molar-refractivity contribution in [2.45, 2.75) is 42.1 Å². The van der Waals surface area contributed by atoms with E-state index in [0.717, 1.165) is 23.5 Å². The summed E-state index contributed by atoms with van der Waals surface area (Å²) in [5.74, 6) is -0.178. The second-order valence-corrected chi connectivity index (χ2v) is 12.2. The summed E-state index contributed by atoms with van der Waals surface area (Å²) in [7, 11) is -3.79. The lowest BCUT2D eigenvalue weighted by molar-refractivity contribution is -0.137. The molecule has 0 spiro atoms. The van der Waals surface area contributed by atoms with Gasteiger partial charge in [0.1, 0.15) is 9.22 Å². The van der Waals surface area contributed by atoms with E-state index in [1.165, 1.54) is 39.9 Å². The van der Waals surface area contributed by atoms with Crippen LogP contribution in [0.5, 0.6) is 0 Å². The predicted molar refractivity (Wildman–Crippen MR) is 122 cm³/mol. The molecular formula is C21H18ClF3N2O3S3. The van der Waals surface area contributed by atoms with Crippen molar-refractivity contribution in [3.8, 4) is 10.6 Å². The molecule has 1 saturated heterocycles. The average Bonchev–Trinajstić information content (AvgIpc) is 3.52. The third-order valence-electron chi connectivity index (χ3n) is 5.33. The zero-order chi connectivity index (χ0) is 23.8. The number of carbonyl (C=O) groups excluding carboxylic acids is 1. The number of hydrogen-bond acceptors (Lipinski definition) is 6. The number of halogens is 4. The smallest absolute Gasteiger partial charge is 0.298 e. The maximum atomic E-state index is 12.9. The minimum Gasteiger partial charge on any atom is -0.298 e. The van der Waals surface area contributed by atoms with Crippen LogP contribution in [0.2, 0.25) is 4.34 Å². The SMILES string of the molecule is O=C(CCc1csc(-c2ccc(C(F)(F)F)cc2)n1)[C@@H]1CCCN1S(=O)(=O)c1ccc(Cl)s1. The average molecular weight is 535 g/mol. The van der Waals surface area contributed by atoms with Crippen LogP contribution in [0.25, 0.3) is 10.6 Å². The number of alkyl halides is 3. The van der Waals surface area contributed by atoms with Gasteiger partial charge in [-0.1, -0.05) is 23.7 Å². The highest BCUT2D eigenvalue weighted by Gasteiger charge is 2.39. The van der Waals surface area contributed by atoms with E-state index in [4.69, 9.17) is 11.6 Å². The molecule has 0 radical (unpaired) electrons. The third kappa shape index (κ3) is 5.32. The minimum atomic E-state index is -4.40. The number of ketones is 1. The fourth-order valence-corrected chi connectivity index (χ4v) is 7.83. The number of nitrogens with zero attached hydrogens (tertiary/aromatic N) is 2. The number of rotatable bonds is 7. The molecule has 3 heterocycles. The van der Waals surface area contributed by atoms with Crippen LogP contribution >= 0.6 is 34.3 Å². The van der Waals surface area contributed by atoms with Gasteiger partial charge in [0.2, 0.25) is 0 Å². The Hall–Kier alpha value is -1.79. The van der Waals surface area contributed by atoms with E-state index in [0.29, 0.717) is 39.9 Å². The Kier molecular flexibility index (Phi) is 6.97. The highest BCUT2D eigenvalue weighted by molar-refractivity contribution is 7.91. The Morgan fingerprint density at radius 3 is 2.55 bits per heavy atom. The van der Waals surface area contributed by atoms with Crippen LogP contribution in [-0.2, 0) is 27.4 Å². The summed E-state index contributed by atoms with van der Waals surface area (Å²) in [5, 5.41) is 2.32. The summed E-state index contributed by atoms with van der Waals surface area (Å²) in [5.41, 5.74) is 0.475. The maximum Gasteiger partial charge on any atom is 0.416 e. The van der Waals surface area contributed by atoms with Crippen molar-refractivity contribution in [2.75, 3.05) is 6.54 Å². The van der Waals surface area contributed by atoms with Crippen LogP contribution < -0.4 is 0 Å². The lowest BCUT2D eigenvalue weighted by Crippen LogP contribution is -2.40. The monoisotopic (exact) mass is 534 g/mol. The minimum absolute atomic E-state index is 0.118. The molecule has 1 atom stereocenters. The second kappa shape index (κ2) is 9.46. The first-order valence-corrected chi connectivity index (χ1v) is 13.5. The van der Waals surface area contributed by atoms with Gasteiger partial charge in [-0.05, 0) is 43.5 Å². The number of hydrogen-bond donors (Lipinski definition) is 0. The quantitative estimate of drug-likeness (QED) is 0.378. The van der Waals surface area contributed by atoms with Crippen LogP contribution in [0.15, 0.2) is 46.0 Å². The van der Waals surface area contributed by atoms with Crippen molar-refractivity contribution >= 4 is 50.1 Å². The summed E-state index contributed by atoms with van der Waals surface area (Å²) >= 11 is 8.12. The zero-order valence-corrected chi connectivity index (χ0v) is 20.2. The molecule has 12 heteroatoms. The third-order valence-corrected chi connectivity index (χ3v) is 9.87. The molecule has 3 aromatic rings. The van der Waals surface area contributed by atoms with Gasteiger partial charge in [0.15, 0.2) is 5.78 Å². The van der Waals surface area contributed by atoms with Crippen molar-refractivity contribution in [3.63, 3.8) is 0 Å². The van der Waals surface area contributed by atoms with Crippen LogP contribution in [-0.4, -0.2) is 36.1 Å². The molecule has 0 aliphatic carbocycles. The summed E-state index contributed by atoms with van der Waals surface area (Å²) in [6, 6.07) is 7.00. The molecule has 0 saturated carbocycles. The van der Waals surface area contributed by atoms with Crippen LogP contribution in [0.1, 0.15) is 30.5 Å². The number of benzene rings is 1. The number of carbonyl (C=O) groups is 1. The second-order valence-electron chi connectivity index (χ2n) is 7.52. The molecule has 4 rings (SSSR count). The van der Waals surface area contributed by atoms with Crippen molar-refractivity contribution in [3.05, 3.63) is 57.4 Å². The van der Waals surface area contributed by atoms with Crippen molar-refractivity contribution in [1.29, 1.82) is 0 Å². The van der Waals surface area contributed by atoms with Gasteiger partial charge < -0.3 is 0 Å². The van der Waals surface area contributed by atoms with E-state index in [1.807, 2.05) is 0 Å². The van der Waals surface area contributed by atoms with Crippen LogP contribution in [0, 0.1) is 0 Å². The van der Waals surface area contributed by atoms with Crippen LogP contribution in [0.4, 0.5) is 13.2 Å². The summed E-state index contributed by atoms with van der Waals surface area (Å²) in [4.78, 5) is 17.3. The molecule has 2 aromatic heterocycles. The molecular weight excluding hydrogens is 517 g/mol. The Morgan fingerprint density at radius 1 is 1.18 bits per heavy atom. The number of Topliss-reactive ketones (excluding diaryl/α,β-unsaturated/α-hetero) is 1. The topological polar surface area (TPSA) is 67.3 Å². The standard InChI is InChI=1S/C21H18ClF3N2O3S3/c22-18-9-10-19(32-18)33(29,30)27-11-1-2-16(27)17(28)8-7-15-12-31-20(26-15)13-3-5-14(6-4-13)21(23,24)25/h3-6,9-10,12,16H,1-2,7-8,11H2/t16-/m0/s1. The van der Waals surface area contributed by atoms with Gasteiger partial charge in [0, 0.05) is 23.9 Å². The first-order valence-electron chi connectivity index (χ1n) is 9.97. The van der Waals surface area contributed by atoms with Crippen molar-refractivity contribution in [2.24, 2.45) is 0 Å². The molecule has 0 bridgehead atoms. The molecule has 1 fully saturated rings.